The highest BCUT2D eigenvalue weighted by molar-refractivity contribution is 7.10. The molecule has 2 N–H and O–H groups in total. The predicted molar refractivity (Wildman–Crippen MR) is 96.5 cm³/mol. The summed E-state index contributed by atoms with van der Waals surface area (Å²) in [6.45, 7) is -0.175. The van der Waals surface area contributed by atoms with Crippen molar-refractivity contribution in [3.63, 3.8) is 0 Å². The second-order valence-electron chi connectivity index (χ2n) is 5.37. The Bertz CT molecular complexity index is 767. The molecular formula is C18H16FNO3S2. The summed E-state index contributed by atoms with van der Waals surface area (Å²) in [6.07, 6.45) is 0. The van der Waals surface area contributed by atoms with Gasteiger partial charge in [0.1, 0.15) is 17.2 Å². The van der Waals surface area contributed by atoms with E-state index in [1.165, 1.54) is 46.9 Å². The molecule has 4 nitrogen and oxygen atoms in total. The second kappa shape index (κ2) is 7.77. The second-order valence-corrected chi connectivity index (χ2v) is 7.10. The number of hydrogen-bond donors (Lipinski definition) is 2. The molecule has 0 aliphatic carbocycles. The number of thiophene rings is 2. The first-order chi connectivity index (χ1) is 12.1. The first-order valence-electron chi connectivity index (χ1n) is 7.52. The van der Waals surface area contributed by atoms with Crippen molar-refractivity contribution in [2.45, 2.75) is 5.60 Å². The molecule has 1 amide bonds. The zero-order valence-electron chi connectivity index (χ0n) is 13.1. The van der Waals surface area contributed by atoms with E-state index in [1.54, 1.807) is 0 Å². The molecule has 0 aliphatic rings. The third-order valence-corrected chi connectivity index (χ3v) is 5.36. The highest BCUT2D eigenvalue weighted by atomic mass is 32.1. The molecule has 2 heterocycles. The maximum absolute atomic E-state index is 12.8. The fraction of sp³-hybridized carbons (Fsp3) is 0.167. The van der Waals surface area contributed by atoms with Crippen LogP contribution in [0.15, 0.2) is 58.6 Å². The minimum atomic E-state index is -1.28. The summed E-state index contributed by atoms with van der Waals surface area (Å²) in [6, 6.07) is 11.0. The first-order valence-corrected chi connectivity index (χ1v) is 9.34. The average Bonchev–Trinajstić information content (AvgIpc) is 3.33. The third kappa shape index (κ3) is 4.25. The van der Waals surface area contributed by atoms with Gasteiger partial charge in [0.25, 0.3) is 5.91 Å². The van der Waals surface area contributed by atoms with E-state index in [1.807, 2.05) is 34.3 Å². The molecule has 0 radical (unpaired) electrons. The van der Waals surface area contributed by atoms with Gasteiger partial charge in [-0.1, -0.05) is 6.07 Å². The smallest absolute Gasteiger partial charge is 0.258 e. The summed E-state index contributed by atoms with van der Waals surface area (Å²) in [5.41, 5.74) is -0.542. The largest absolute Gasteiger partial charge is 0.484 e. The van der Waals surface area contributed by atoms with Crippen LogP contribution < -0.4 is 10.1 Å². The van der Waals surface area contributed by atoms with E-state index in [0.717, 1.165) is 10.4 Å². The molecule has 25 heavy (non-hydrogen) atoms. The minimum Gasteiger partial charge on any atom is -0.484 e. The van der Waals surface area contributed by atoms with Gasteiger partial charge in [0, 0.05) is 10.4 Å². The van der Waals surface area contributed by atoms with Crippen molar-refractivity contribution in [1.29, 1.82) is 0 Å². The Morgan fingerprint density at radius 3 is 2.64 bits per heavy atom. The van der Waals surface area contributed by atoms with Gasteiger partial charge < -0.3 is 15.2 Å². The molecule has 7 heteroatoms. The highest BCUT2D eigenvalue weighted by Crippen LogP contribution is 2.33. The van der Waals surface area contributed by atoms with Crippen molar-refractivity contribution < 1.29 is 19.0 Å². The molecule has 0 fully saturated rings. The van der Waals surface area contributed by atoms with Crippen molar-refractivity contribution in [1.82, 2.24) is 5.32 Å². The van der Waals surface area contributed by atoms with Gasteiger partial charge in [-0.05, 0) is 52.5 Å². The molecule has 0 aliphatic heterocycles. The molecule has 0 saturated heterocycles. The Labute approximate surface area is 152 Å². The van der Waals surface area contributed by atoms with Crippen molar-refractivity contribution >= 4 is 28.6 Å². The molecule has 2 aromatic heterocycles. The molecule has 3 aromatic rings. The summed E-state index contributed by atoms with van der Waals surface area (Å²) in [5, 5.41) is 19.4. The van der Waals surface area contributed by atoms with Crippen molar-refractivity contribution in [3.8, 4) is 5.75 Å². The van der Waals surface area contributed by atoms with Gasteiger partial charge in [-0.25, -0.2) is 4.39 Å². The normalized spacial score (nSPS) is 13.2. The number of ether oxygens (including phenoxy) is 1. The van der Waals surface area contributed by atoms with Crippen molar-refractivity contribution in [2.24, 2.45) is 0 Å². The summed E-state index contributed by atoms with van der Waals surface area (Å²) in [5.74, 6) is -0.328. The number of halogens is 1. The van der Waals surface area contributed by atoms with Gasteiger partial charge in [-0.3, -0.25) is 4.79 Å². The molecule has 1 aromatic carbocycles. The number of benzene rings is 1. The van der Waals surface area contributed by atoms with E-state index >= 15 is 0 Å². The van der Waals surface area contributed by atoms with Gasteiger partial charge in [0.05, 0.1) is 6.54 Å². The lowest BCUT2D eigenvalue weighted by Crippen LogP contribution is -2.42. The Hall–Kier alpha value is -2.22. The van der Waals surface area contributed by atoms with E-state index in [0.29, 0.717) is 5.75 Å². The fourth-order valence-corrected chi connectivity index (χ4v) is 3.87. The lowest BCUT2D eigenvalue weighted by Gasteiger charge is -2.27. The zero-order valence-corrected chi connectivity index (χ0v) is 14.8. The number of carbonyl (C=O) groups excluding carboxylic acids is 1. The Morgan fingerprint density at radius 1 is 1.20 bits per heavy atom. The van der Waals surface area contributed by atoms with Crippen LogP contribution in [0, 0.1) is 5.82 Å². The van der Waals surface area contributed by atoms with Crippen molar-refractivity contribution in [2.75, 3.05) is 13.2 Å². The molecular weight excluding hydrogens is 361 g/mol. The molecule has 0 bridgehead atoms. The molecule has 1 atom stereocenters. The molecule has 1 unspecified atom stereocenters. The monoisotopic (exact) mass is 377 g/mol. The Balaban J connectivity index is 1.61. The van der Waals surface area contributed by atoms with Gasteiger partial charge in [-0.15, -0.1) is 11.3 Å². The van der Waals surface area contributed by atoms with Crippen LogP contribution in [0.4, 0.5) is 4.39 Å². The van der Waals surface area contributed by atoms with Crippen LogP contribution in [-0.4, -0.2) is 24.2 Å². The first kappa shape index (κ1) is 17.6. The standard InChI is InChI=1S/C18H16FNO3S2/c19-14-3-5-15(6-4-14)23-10-17(21)20-12-18(22,13-7-9-24-11-13)16-2-1-8-25-16/h1-9,11,22H,10,12H2,(H,20,21). The van der Waals surface area contributed by atoms with Crippen LogP contribution in [0.25, 0.3) is 0 Å². The molecule has 0 spiro atoms. The maximum atomic E-state index is 12.8. The lowest BCUT2D eigenvalue weighted by molar-refractivity contribution is -0.124. The number of amides is 1. The summed E-state index contributed by atoms with van der Waals surface area (Å²) in [7, 11) is 0. The lowest BCUT2D eigenvalue weighted by atomic mass is 9.94. The minimum absolute atomic E-state index is 0.0376. The van der Waals surface area contributed by atoms with Gasteiger partial charge >= 0.3 is 0 Å². The Morgan fingerprint density at radius 2 is 2.00 bits per heavy atom. The van der Waals surface area contributed by atoms with Crippen molar-refractivity contribution in [3.05, 3.63) is 74.9 Å². The van der Waals surface area contributed by atoms with E-state index in [9.17, 15) is 14.3 Å². The van der Waals surface area contributed by atoms with E-state index < -0.39 is 5.60 Å². The maximum Gasteiger partial charge on any atom is 0.258 e. The van der Waals surface area contributed by atoms with Crippen LogP contribution in [0.1, 0.15) is 10.4 Å². The summed E-state index contributed by atoms with van der Waals surface area (Å²) in [4.78, 5) is 12.8. The number of nitrogens with one attached hydrogen (secondary N) is 1. The highest BCUT2D eigenvalue weighted by Gasteiger charge is 2.33. The number of carbonyl (C=O) groups is 1. The van der Waals surface area contributed by atoms with E-state index in [4.69, 9.17) is 4.74 Å². The fourth-order valence-electron chi connectivity index (χ4n) is 2.30. The number of rotatable bonds is 7. The van der Waals surface area contributed by atoms with Crippen LogP contribution >= 0.6 is 22.7 Å². The SMILES string of the molecule is O=C(COc1ccc(F)cc1)NCC(O)(c1ccsc1)c1cccs1. The number of aliphatic hydroxyl groups is 1. The number of hydrogen-bond acceptors (Lipinski definition) is 5. The van der Waals surface area contributed by atoms with Crippen LogP contribution in [0.5, 0.6) is 5.75 Å². The van der Waals surface area contributed by atoms with Gasteiger partial charge in [0.2, 0.25) is 0 Å². The van der Waals surface area contributed by atoms with Crippen LogP contribution in [0.3, 0.4) is 0 Å². The zero-order chi connectivity index (χ0) is 17.7. The topological polar surface area (TPSA) is 58.6 Å². The Kier molecular flexibility index (Phi) is 5.47. The average molecular weight is 377 g/mol. The van der Waals surface area contributed by atoms with Gasteiger partial charge in [-0.2, -0.15) is 11.3 Å². The van der Waals surface area contributed by atoms with E-state index in [2.05, 4.69) is 5.32 Å². The van der Waals surface area contributed by atoms with Crippen LogP contribution in [-0.2, 0) is 10.4 Å². The van der Waals surface area contributed by atoms with E-state index in [-0.39, 0.29) is 24.9 Å². The third-order valence-electron chi connectivity index (χ3n) is 3.65. The molecule has 3 rings (SSSR count). The predicted octanol–water partition coefficient (Wildman–Crippen LogP) is 3.38. The quantitative estimate of drug-likeness (QED) is 0.664. The summed E-state index contributed by atoms with van der Waals surface area (Å²) >= 11 is 2.91. The molecule has 0 saturated carbocycles. The molecule has 130 valence electrons. The van der Waals surface area contributed by atoms with Gasteiger partial charge in [0.15, 0.2) is 6.61 Å². The summed E-state index contributed by atoms with van der Waals surface area (Å²) < 4.78 is 18.2. The van der Waals surface area contributed by atoms with Crippen LogP contribution in [0.2, 0.25) is 0 Å².